The molecule has 1 amide bonds. The molecule has 8 heteroatoms. The molecule has 2 saturated heterocycles. The summed E-state index contributed by atoms with van der Waals surface area (Å²) < 4.78 is 10.9. The van der Waals surface area contributed by atoms with Crippen molar-refractivity contribution < 1.29 is 24.2 Å². The number of amides is 1. The maximum Gasteiger partial charge on any atom is 0.295 e. The summed E-state index contributed by atoms with van der Waals surface area (Å²) in [5.74, 6) is -0.804. The lowest BCUT2D eigenvalue weighted by molar-refractivity contribution is -0.140. The van der Waals surface area contributed by atoms with Crippen LogP contribution in [0.1, 0.15) is 23.4 Å². The Morgan fingerprint density at radius 1 is 1.19 bits per heavy atom. The number of hydrogen-bond acceptors (Lipinski definition) is 7. The van der Waals surface area contributed by atoms with E-state index >= 15 is 0 Å². The molecule has 0 saturated carbocycles. The summed E-state index contributed by atoms with van der Waals surface area (Å²) in [5, 5.41) is 13.0. The quantitative estimate of drug-likeness (QED) is 0.404. The molecule has 1 N–H and O–H groups in total. The second kappa shape index (κ2) is 9.64. The van der Waals surface area contributed by atoms with Crippen LogP contribution in [0.15, 0.2) is 47.4 Å². The van der Waals surface area contributed by atoms with Gasteiger partial charge in [0.2, 0.25) is 0 Å². The third-order valence-corrected chi connectivity index (χ3v) is 6.46. The number of thiophene rings is 1. The molecule has 2 aromatic rings. The summed E-state index contributed by atoms with van der Waals surface area (Å²) in [5.41, 5.74) is 0.585. The number of aliphatic hydroxyl groups excluding tert-OH is 1. The Bertz CT molecular complexity index is 966. The topological polar surface area (TPSA) is 79.3 Å². The van der Waals surface area contributed by atoms with E-state index in [1.165, 1.54) is 11.3 Å². The van der Waals surface area contributed by atoms with Gasteiger partial charge in [0, 0.05) is 36.6 Å². The van der Waals surface area contributed by atoms with Gasteiger partial charge < -0.3 is 19.5 Å². The van der Waals surface area contributed by atoms with Crippen molar-refractivity contribution in [3.63, 3.8) is 0 Å². The highest BCUT2D eigenvalue weighted by atomic mass is 32.1. The van der Waals surface area contributed by atoms with Crippen molar-refractivity contribution in [1.29, 1.82) is 0 Å². The molecule has 4 rings (SSSR count). The van der Waals surface area contributed by atoms with Crippen molar-refractivity contribution in [2.45, 2.75) is 13.0 Å². The zero-order chi connectivity index (χ0) is 21.8. The maximum absolute atomic E-state index is 13.0. The fraction of sp³-hybridized carbons (Fsp3) is 0.391. The third kappa shape index (κ3) is 4.51. The molecule has 1 atom stereocenters. The van der Waals surface area contributed by atoms with Crippen molar-refractivity contribution in [3.8, 4) is 5.75 Å². The van der Waals surface area contributed by atoms with Gasteiger partial charge in [0.25, 0.3) is 11.7 Å². The van der Waals surface area contributed by atoms with Crippen molar-refractivity contribution in [3.05, 3.63) is 57.8 Å². The lowest BCUT2D eigenvalue weighted by atomic mass is 9.99. The number of Topliss-reactive ketones (excluding diaryl/α,β-unsaturated/α-hetero) is 1. The van der Waals surface area contributed by atoms with E-state index in [-0.39, 0.29) is 11.3 Å². The smallest absolute Gasteiger partial charge is 0.295 e. The Morgan fingerprint density at radius 2 is 2.00 bits per heavy atom. The molecule has 1 unspecified atom stereocenters. The molecule has 0 radical (unpaired) electrons. The van der Waals surface area contributed by atoms with Gasteiger partial charge in [-0.25, -0.2) is 0 Å². The van der Waals surface area contributed by atoms with Crippen LogP contribution in [0.5, 0.6) is 5.75 Å². The fourth-order valence-corrected chi connectivity index (χ4v) is 4.83. The number of morpholine rings is 1. The molecule has 164 valence electrons. The normalized spacial score (nSPS) is 21.6. The lowest BCUT2D eigenvalue weighted by Crippen LogP contribution is -2.42. The number of benzene rings is 1. The molecular weight excluding hydrogens is 416 g/mol. The minimum absolute atomic E-state index is 0.128. The van der Waals surface area contributed by atoms with Gasteiger partial charge in [0.1, 0.15) is 11.5 Å². The average molecular weight is 443 g/mol. The molecular formula is C23H26N2O5S. The Labute approximate surface area is 185 Å². The average Bonchev–Trinajstić information content (AvgIpc) is 3.40. The predicted octanol–water partition coefficient (Wildman–Crippen LogP) is 2.90. The van der Waals surface area contributed by atoms with Crippen molar-refractivity contribution in [2.75, 3.05) is 46.0 Å². The Kier molecular flexibility index (Phi) is 6.70. The van der Waals surface area contributed by atoms with Crippen LogP contribution < -0.4 is 4.74 Å². The van der Waals surface area contributed by atoms with Crippen LogP contribution in [0.3, 0.4) is 0 Å². The number of aliphatic hydroxyl groups is 1. The van der Waals surface area contributed by atoms with Crippen LogP contribution in [0, 0.1) is 0 Å². The first-order valence-electron chi connectivity index (χ1n) is 10.4. The van der Waals surface area contributed by atoms with Crippen LogP contribution in [-0.4, -0.2) is 72.6 Å². The van der Waals surface area contributed by atoms with E-state index in [9.17, 15) is 14.7 Å². The van der Waals surface area contributed by atoms with E-state index in [4.69, 9.17) is 9.47 Å². The van der Waals surface area contributed by atoms with Crippen molar-refractivity contribution >= 4 is 28.8 Å². The van der Waals surface area contributed by atoms with Gasteiger partial charge in [-0.3, -0.25) is 14.5 Å². The molecule has 0 bridgehead atoms. The third-order valence-electron chi connectivity index (χ3n) is 5.53. The first-order chi connectivity index (χ1) is 15.1. The molecule has 2 fully saturated rings. The van der Waals surface area contributed by atoms with Gasteiger partial charge in [-0.2, -0.15) is 0 Å². The van der Waals surface area contributed by atoms with Crippen molar-refractivity contribution in [1.82, 2.24) is 9.80 Å². The second-order valence-electron chi connectivity index (χ2n) is 7.42. The van der Waals surface area contributed by atoms with E-state index in [2.05, 4.69) is 4.90 Å². The summed E-state index contributed by atoms with van der Waals surface area (Å²) in [6, 6.07) is 10.1. The van der Waals surface area contributed by atoms with E-state index in [0.29, 0.717) is 44.2 Å². The van der Waals surface area contributed by atoms with E-state index < -0.39 is 17.7 Å². The summed E-state index contributed by atoms with van der Waals surface area (Å²) in [6.45, 7) is 6.37. The summed E-state index contributed by atoms with van der Waals surface area (Å²) >= 11 is 1.47. The number of hydrogen-bond donors (Lipinski definition) is 1. The minimum Gasteiger partial charge on any atom is -0.507 e. The molecule has 7 nitrogen and oxygen atoms in total. The molecule has 31 heavy (non-hydrogen) atoms. The second-order valence-corrected chi connectivity index (χ2v) is 8.40. The van der Waals surface area contributed by atoms with Gasteiger partial charge in [0.15, 0.2) is 0 Å². The van der Waals surface area contributed by atoms with E-state index in [1.807, 2.05) is 24.4 Å². The maximum atomic E-state index is 13.0. The summed E-state index contributed by atoms with van der Waals surface area (Å²) in [4.78, 5) is 30.7. The zero-order valence-corrected chi connectivity index (χ0v) is 18.3. The number of likely N-dealkylation sites (tertiary alicyclic amines) is 1. The SMILES string of the molecule is CCOc1cccc(/C(O)=C2\C(=O)C(=O)N(CCN3CCOCC3)C2c2cccs2)c1. The molecule has 1 aromatic carbocycles. The summed E-state index contributed by atoms with van der Waals surface area (Å²) in [6.07, 6.45) is 0. The highest BCUT2D eigenvalue weighted by molar-refractivity contribution is 7.10. The molecule has 2 aliphatic heterocycles. The lowest BCUT2D eigenvalue weighted by Gasteiger charge is -2.30. The van der Waals surface area contributed by atoms with Gasteiger partial charge in [-0.15, -0.1) is 11.3 Å². The Morgan fingerprint density at radius 3 is 2.71 bits per heavy atom. The van der Waals surface area contributed by atoms with Crippen LogP contribution in [0.25, 0.3) is 5.76 Å². The van der Waals surface area contributed by atoms with Crippen LogP contribution >= 0.6 is 11.3 Å². The van der Waals surface area contributed by atoms with E-state index in [1.54, 1.807) is 29.2 Å². The van der Waals surface area contributed by atoms with Crippen molar-refractivity contribution in [2.24, 2.45) is 0 Å². The fourth-order valence-electron chi connectivity index (χ4n) is 3.98. The van der Waals surface area contributed by atoms with E-state index in [0.717, 1.165) is 18.0 Å². The number of carbonyl (C=O) groups is 2. The monoisotopic (exact) mass is 442 g/mol. The molecule has 1 aromatic heterocycles. The van der Waals surface area contributed by atoms with Gasteiger partial charge in [-0.05, 0) is 30.5 Å². The van der Waals surface area contributed by atoms with Crippen LogP contribution in [0.2, 0.25) is 0 Å². The molecule has 0 spiro atoms. The minimum atomic E-state index is -0.653. The highest BCUT2D eigenvalue weighted by Crippen LogP contribution is 2.41. The number of ether oxygens (including phenoxy) is 2. The number of nitrogens with zero attached hydrogens (tertiary/aromatic N) is 2. The number of ketones is 1. The first kappa shape index (κ1) is 21.5. The first-order valence-corrected chi connectivity index (χ1v) is 11.3. The highest BCUT2D eigenvalue weighted by Gasteiger charge is 2.46. The zero-order valence-electron chi connectivity index (χ0n) is 17.5. The van der Waals surface area contributed by atoms with Crippen LogP contribution in [-0.2, 0) is 14.3 Å². The van der Waals surface area contributed by atoms with Crippen LogP contribution in [0.4, 0.5) is 0 Å². The van der Waals surface area contributed by atoms with Gasteiger partial charge in [0.05, 0.1) is 31.4 Å². The standard InChI is InChI=1S/C23H26N2O5S/c1-2-30-17-6-3-5-16(15-17)21(26)19-20(18-7-4-14-31-18)25(23(28)22(19)27)9-8-24-10-12-29-13-11-24/h3-7,14-15,20,26H,2,8-13H2,1H3/b21-19+. The molecule has 0 aliphatic carbocycles. The van der Waals surface area contributed by atoms with Gasteiger partial charge in [-0.1, -0.05) is 18.2 Å². The molecule has 2 aliphatic rings. The largest absolute Gasteiger partial charge is 0.507 e. The summed E-state index contributed by atoms with van der Waals surface area (Å²) in [7, 11) is 0. The Hall–Kier alpha value is -2.68. The Balaban J connectivity index is 1.68. The predicted molar refractivity (Wildman–Crippen MR) is 118 cm³/mol. The number of carbonyl (C=O) groups excluding carboxylic acids is 2. The van der Waals surface area contributed by atoms with Gasteiger partial charge >= 0.3 is 0 Å². The molecule has 3 heterocycles. The number of rotatable bonds is 7.